The predicted molar refractivity (Wildman–Crippen MR) is 109 cm³/mol. The topological polar surface area (TPSA) is 63.3 Å². The third kappa shape index (κ3) is 3.91. The van der Waals surface area contributed by atoms with Crippen molar-refractivity contribution in [1.29, 1.82) is 0 Å². The fraction of sp³-hybridized carbons (Fsp3) is 0.200. The summed E-state index contributed by atoms with van der Waals surface area (Å²) in [6.45, 7) is 0.460. The molecule has 1 atom stereocenters. The third-order valence-corrected chi connectivity index (χ3v) is 5.85. The first kappa shape index (κ1) is 17.8. The van der Waals surface area contributed by atoms with Crippen LogP contribution in [0.5, 0.6) is 5.75 Å². The Bertz CT molecular complexity index is 972. The van der Waals surface area contributed by atoms with Crippen molar-refractivity contribution in [1.82, 2.24) is 4.98 Å². The summed E-state index contributed by atoms with van der Waals surface area (Å²) in [5, 5.41) is 7.41. The van der Waals surface area contributed by atoms with Gasteiger partial charge in [0.25, 0.3) is 0 Å². The Labute approximate surface area is 166 Å². The molecule has 2 N–H and O–H groups in total. The molecule has 5 nitrogen and oxygen atoms in total. The molecule has 0 bridgehead atoms. The lowest BCUT2D eigenvalue weighted by Gasteiger charge is -2.22. The molecule has 1 amide bonds. The second kappa shape index (κ2) is 7.58. The van der Waals surface area contributed by atoms with Crippen LogP contribution in [0.2, 0.25) is 5.02 Å². The lowest BCUT2D eigenvalue weighted by atomic mass is 9.91. The number of ether oxygens (including phenoxy) is 1. The van der Waals surface area contributed by atoms with Crippen molar-refractivity contribution >= 4 is 39.8 Å². The van der Waals surface area contributed by atoms with Crippen LogP contribution in [0, 0.1) is 0 Å². The van der Waals surface area contributed by atoms with Crippen LogP contribution in [0.1, 0.15) is 28.3 Å². The van der Waals surface area contributed by atoms with Crippen LogP contribution in [-0.2, 0) is 11.4 Å². The zero-order valence-corrected chi connectivity index (χ0v) is 16.2. The molecule has 138 valence electrons. The van der Waals surface area contributed by atoms with Gasteiger partial charge in [0.05, 0.1) is 4.88 Å². The molecule has 27 heavy (non-hydrogen) atoms. The van der Waals surface area contributed by atoms with E-state index in [1.807, 2.05) is 55.6 Å². The normalized spacial score (nSPS) is 15.8. The van der Waals surface area contributed by atoms with Gasteiger partial charge in [-0.15, -0.1) is 0 Å². The van der Waals surface area contributed by atoms with Crippen molar-refractivity contribution in [3.05, 3.63) is 69.6 Å². The Morgan fingerprint density at radius 3 is 2.89 bits per heavy atom. The van der Waals surface area contributed by atoms with E-state index in [1.165, 1.54) is 0 Å². The average molecular weight is 400 g/mol. The summed E-state index contributed by atoms with van der Waals surface area (Å²) < 4.78 is 5.94. The standard InChI is InChI=1S/C20H18ClN3O2S/c1-22-20-24-19-18(27-20)16(10-17(25)23-19)13-3-2-4-15(9-13)26-11-12-5-7-14(21)8-6-12/h2-9,16H,10-11H2,1H3,(H,22,24)(H,23,25)/t16-/m1/s1. The zero-order valence-electron chi connectivity index (χ0n) is 14.7. The highest BCUT2D eigenvalue weighted by molar-refractivity contribution is 7.16. The first-order valence-electron chi connectivity index (χ1n) is 8.58. The van der Waals surface area contributed by atoms with Gasteiger partial charge in [0.1, 0.15) is 18.2 Å². The molecule has 1 aliphatic rings. The molecule has 0 fully saturated rings. The van der Waals surface area contributed by atoms with Gasteiger partial charge >= 0.3 is 0 Å². The molecule has 0 aliphatic carbocycles. The first-order chi connectivity index (χ1) is 13.1. The van der Waals surface area contributed by atoms with Gasteiger partial charge in [0.15, 0.2) is 5.13 Å². The van der Waals surface area contributed by atoms with Gasteiger partial charge < -0.3 is 15.4 Å². The monoisotopic (exact) mass is 399 g/mol. The lowest BCUT2D eigenvalue weighted by molar-refractivity contribution is -0.116. The van der Waals surface area contributed by atoms with Crippen molar-refractivity contribution in [2.24, 2.45) is 0 Å². The number of fused-ring (bicyclic) bond motifs is 1. The van der Waals surface area contributed by atoms with Crippen LogP contribution in [-0.4, -0.2) is 17.9 Å². The van der Waals surface area contributed by atoms with E-state index in [0.717, 1.165) is 26.9 Å². The van der Waals surface area contributed by atoms with Crippen LogP contribution < -0.4 is 15.4 Å². The van der Waals surface area contributed by atoms with Crippen LogP contribution in [0.15, 0.2) is 48.5 Å². The number of nitrogens with one attached hydrogen (secondary N) is 2. The van der Waals surface area contributed by atoms with Crippen LogP contribution >= 0.6 is 22.9 Å². The van der Waals surface area contributed by atoms with Gasteiger partial charge in [-0.25, -0.2) is 4.98 Å². The van der Waals surface area contributed by atoms with Gasteiger partial charge in [0.2, 0.25) is 5.91 Å². The van der Waals surface area contributed by atoms with Crippen molar-refractivity contribution in [2.75, 3.05) is 17.7 Å². The van der Waals surface area contributed by atoms with E-state index < -0.39 is 0 Å². The number of benzene rings is 2. The third-order valence-electron chi connectivity index (χ3n) is 4.41. The molecular weight excluding hydrogens is 382 g/mol. The summed E-state index contributed by atoms with van der Waals surface area (Å²) in [5.41, 5.74) is 2.09. The number of thiazole rings is 1. The van der Waals surface area contributed by atoms with E-state index in [4.69, 9.17) is 16.3 Å². The maximum absolute atomic E-state index is 12.1. The maximum atomic E-state index is 12.1. The molecule has 2 aromatic carbocycles. The summed E-state index contributed by atoms with van der Waals surface area (Å²) in [6.07, 6.45) is 0.402. The minimum Gasteiger partial charge on any atom is -0.489 e. The van der Waals surface area contributed by atoms with Crippen LogP contribution in [0.3, 0.4) is 0 Å². The number of hydrogen-bond donors (Lipinski definition) is 2. The van der Waals surface area contributed by atoms with Crippen molar-refractivity contribution in [2.45, 2.75) is 18.9 Å². The van der Waals surface area contributed by atoms with E-state index in [-0.39, 0.29) is 11.8 Å². The molecule has 0 unspecified atom stereocenters. The molecule has 7 heteroatoms. The molecule has 0 saturated carbocycles. The Morgan fingerprint density at radius 2 is 2.11 bits per heavy atom. The number of rotatable bonds is 5. The Kier molecular flexibility index (Phi) is 5.01. The highest BCUT2D eigenvalue weighted by atomic mass is 35.5. The molecule has 4 rings (SSSR count). The van der Waals surface area contributed by atoms with E-state index in [1.54, 1.807) is 11.3 Å². The second-order valence-corrected chi connectivity index (χ2v) is 7.74. The smallest absolute Gasteiger partial charge is 0.226 e. The summed E-state index contributed by atoms with van der Waals surface area (Å²) in [6, 6.07) is 15.5. The first-order valence-corrected chi connectivity index (χ1v) is 9.77. The lowest BCUT2D eigenvalue weighted by Crippen LogP contribution is -2.22. The number of hydrogen-bond acceptors (Lipinski definition) is 5. The minimum atomic E-state index is -0.0209. The van der Waals surface area contributed by atoms with Gasteiger partial charge in [-0.2, -0.15) is 0 Å². The van der Waals surface area contributed by atoms with E-state index >= 15 is 0 Å². The van der Waals surface area contributed by atoms with E-state index in [2.05, 4.69) is 15.6 Å². The number of halogens is 1. The molecule has 0 spiro atoms. The highest BCUT2D eigenvalue weighted by Crippen LogP contribution is 2.42. The average Bonchev–Trinajstić information content (AvgIpc) is 3.10. The minimum absolute atomic E-state index is 0.0204. The van der Waals surface area contributed by atoms with E-state index in [9.17, 15) is 4.79 Å². The fourth-order valence-electron chi connectivity index (χ4n) is 3.06. The number of carbonyl (C=O) groups excluding carboxylic acids is 1. The molecule has 0 saturated heterocycles. The highest BCUT2D eigenvalue weighted by Gasteiger charge is 2.30. The van der Waals surface area contributed by atoms with Crippen LogP contribution in [0.4, 0.5) is 10.9 Å². The summed E-state index contributed by atoms with van der Waals surface area (Å²) in [4.78, 5) is 17.6. The molecule has 0 radical (unpaired) electrons. The molecule has 1 aromatic heterocycles. The summed E-state index contributed by atoms with van der Waals surface area (Å²) >= 11 is 7.49. The van der Waals surface area contributed by atoms with Gasteiger partial charge in [-0.1, -0.05) is 47.2 Å². The summed E-state index contributed by atoms with van der Waals surface area (Å²) in [5.74, 6) is 1.38. The van der Waals surface area contributed by atoms with Crippen LogP contribution in [0.25, 0.3) is 0 Å². The SMILES string of the molecule is CNc1nc2c(s1)[C@@H](c1cccc(OCc3ccc(Cl)cc3)c1)CC(=O)N2. The van der Waals surface area contributed by atoms with Gasteiger partial charge in [0, 0.05) is 24.4 Å². The molecule has 3 aromatic rings. The molecular formula is C20H18ClN3O2S. The summed E-state index contributed by atoms with van der Waals surface area (Å²) in [7, 11) is 1.83. The Morgan fingerprint density at radius 1 is 1.30 bits per heavy atom. The van der Waals surface area contributed by atoms with Gasteiger partial charge in [-0.3, -0.25) is 4.79 Å². The van der Waals surface area contributed by atoms with Crippen molar-refractivity contribution in [3.63, 3.8) is 0 Å². The second-order valence-electron chi connectivity index (χ2n) is 6.27. The molecule has 2 heterocycles. The predicted octanol–water partition coefficient (Wildman–Crippen LogP) is 4.89. The van der Waals surface area contributed by atoms with Crippen molar-refractivity contribution < 1.29 is 9.53 Å². The maximum Gasteiger partial charge on any atom is 0.226 e. The Balaban J connectivity index is 1.56. The largest absolute Gasteiger partial charge is 0.489 e. The zero-order chi connectivity index (χ0) is 18.8. The number of carbonyl (C=O) groups is 1. The van der Waals surface area contributed by atoms with Gasteiger partial charge in [-0.05, 0) is 35.4 Å². The quantitative estimate of drug-likeness (QED) is 0.641. The number of aromatic nitrogens is 1. The van der Waals surface area contributed by atoms with E-state index in [0.29, 0.717) is 23.9 Å². The fourth-order valence-corrected chi connectivity index (χ4v) is 4.19. The van der Waals surface area contributed by atoms with Crippen molar-refractivity contribution in [3.8, 4) is 5.75 Å². The molecule has 1 aliphatic heterocycles. The Hall–Kier alpha value is -2.57. The number of anilines is 2. The number of amides is 1. The number of nitrogens with zero attached hydrogens (tertiary/aromatic N) is 1.